The highest BCUT2D eigenvalue weighted by molar-refractivity contribution is 5.77. The minimum absolute atomic E-state index is 0.226. The minimum atomic E-state index is -1.18. The van der Waals surface area contributed by atoms with Gasteiger partial charge in [0.05, 0.1) is 6.54 Å². The number of rotatable bonds is 15. The van der Waals surface area contributed by atoms with E-state index < -0.39 is 40.5 Å². The van der Waals surface area contributed by atoms with E-state index in [4.69, 9.17) is 0 Å². The predicted octanol–water partition coefficient (Wildman–Crippen LogP) is 3.36. The van der Waals surface area contributed by atoms with Gasteiger partial charge in [-0.25, -0.2) is 14.4 Å². The molecule has 0 spiro atoms. The fourth-order valence-electron chi connectivity index (χ4n) is 3.72. The summed E-state index contributed by atoms with van der Waals surface area (Å²) in [7, 11) is 0. The van der Waals surface area contributed by atoms with Crippen molar-refractivity contribution in [3.05, 3.63) is 0 Å². The molecular formula is C19H36NO6+. The third-order valence-corrected chi connectivity index (χ3v) is 5.63. The molecule has 0 radical (unpaired) electrons. The molecule has 3 atom stereocenters. The van der Waals surface area contributed by atoms with Gasteiger partial charge in [-0.3, -0.25) is 4.48 Å². The number of hydrogen-bond acceptors (Lipinski definition) is 3. The van der Waals surface area contributed by atoms with E-state index in [1.807, 2.05) is 0 Å². The SMILES string of the molecule is CCCCCCCCCC[N+](C(C)C(=O)O)(C(C)C(=O)O)C(C)C(=O)O. The molecule has 3 unspecified atom stereocenters. The zero-order valence-corrected chi connectivity index (χ0v) is 16.6. The summed E-state index contributed by atoms with van der Waals surface area (Å²) in [5.74, 6) is -3.53. The number of carbonyl (C=O) groups is 3. The maximum atomic E-state index is 11.6. The van der Waals surface area contributed by atoms with Crippen molar-refractivity contribution in [2.75, 3.05) is 6.54 Å². The van der Waals surface area contributed by atoms with E-state index in [0.717, 1.165) is 25.7 Å². The molecule has 0 heterocycles. The quantitative estimate of drug-likeness (QED) is 0.299. The highest BCUT2D eigenvalue weighted by atomic mass is 16.4. The maximum absolute atomic E-state index is 11.6. The summed E-state index contributed by atoms with van der Waals surface area (Å²) in [4.78, 5) is 34.9. The fourth-order valence-corrected chi connectivity index (χ4v) is 3.72. The monoisotopic (exact) mass is 374 g/mol. The number of carboxylic acids is 3. The second kappa shape index (κ2) is 11.9. The molecule has 0 fully saturated rings. The molecule has 0 bridgehead atoms. The summed E-state index contributed by atoms with van der Waals surface area (Å²) in [5, 5.41) is 28.5. The van der Waals surface area contributed by atoms with Crippen molar-refractivity contribution < 1.29 is 34.2 Å². The van der Waals surface area contributed by atoms with E-state index in [9.17, 15) is 29.7 Å². The average molecular weight is 374 g/mol. The van der Waals surface area contributed by atoms with E-state index in [0.29, 0.717) is 6.42 Å². The zero-order chi connectivity index (χ0) is 20.3. The molecule has 0 aromatic carbocycles. The number of unbranched alkanes of at least 4 members (excludes halogenated alkanes) is 7. The van der Waals surface area contributed by atoms with Gasteiger partial charge < -0.3 is 15.3 Å². The number of hydrogen-bond donors (Lipinski definition) is 3. The van der Waals surface area contributed by atoms with Crippen LogP contribution in [0.4, 0.5) is 0 Å². The van der Waals surface area contributed by atoms with Crippen molar-refractivity contribution in [2.45, 2.75) is 97.2 Å². The van der Waals surface area contributed by atoms with Crippen molar-refractivity contribution in [1.29, 1.82) is 0 Å². The van der Waals surface area contributed by atoms with Gasteiger partial charge in [-0.15, -0.1) is 0 Å². The number of nitrogens with zero attached hydrogens (tertiary/aromatic N) is 1. The number of aliphatic carboxylic acids is 3. The Balaban J connectivity index is 5.16. The lowest BCUT2D eigenvalue weighted by atomic mass is 10.00. The third-order valence-electron chi connectivity index (χ3n) is 5.63. The number of carboxylic acid groups (broad SMARTS) is 3. The van der Waals surface area contributed by atoms with Crippen LogP contribution in [0.15, 0.2) is 0 Å². The number of quaternary nitrogens is 1. The van der Waals surface area contributed by atoms with Crippen LogP contribution in [0.5, 0.6) is 0 Å². The van der Waals surface area contributed by atoms with E-state index in [1.54, 1.807) is 0 Å². The Bertz CT molecular complexity index is 415. The molecule has 0 aromatic rings. The molecule has 0 saturated carbocycles. The Morgan fingerprint density at radius 1 is 0.654 bits per heavy atom. The lowest BCUT2D eigenvalue weighted by molar-refractivity contribution is -0.968. The van der Waals surface area contributed by atoms with Gasteiger partial charge in [0.1, 0.15) is 0 Å². The van der Waals surface area contributed by atoms with Crippen LogP contribution in [0.1, 0.15) is 79.1 Å². The van der Waals surface area contributed by atoms with Gasteiger partial charge in [-0.1, -0.05) is 45.4 Å². The standard InChI is InChI=1S/C19H35NO6/c1-5-6-7-8-9-10-11-12-13-20(14(2)17(21)22,15(3)18(23)24)16(4)19(25)26/h14-16H,5-13H2,1-4H3,(H2-,21,22,23,24,25,26)/p+1. The van der Waals surface area contributed by atoms with Gasteiger partial charge in [0.15, 0.2) is 18.1 Å². The third kappa shape index (κ3) is 6.59. The summed E-state index contributed by atoms with van der Waals surface area (Å²) in [6.45, 7) is 6.61. The van der Waals surface area contributed by atoms with Crippen molar-refractivity contribution in [3.63, 3.8) is 0 Å². The smallest absolute Gasteiger partial charge is 0.362 e. The molecule has 0 aromatic heterocycles. The lowest BCUT2D eigenvalue weighted by Gasteiger charge is -2.47. The first-order chi connectivity index (χ1) is 12.1. The normalized spacial score (nSPS) is 17.1. The summed E-state index contributed by atoms with van der Waals surface area (Å²) in [6, 6.07) is -3.34. The van der Waals surface area contributed by atoms with Gasteiger partial charge in [0.2, 0.25) is 0 Å². The molecule has 0 aliphatic heterocycles. The maximum Gasteiger partial charge on any atom is 0.362 e. The Hall–Kier alpha value is -1.63. The van der Waals surface area contributed by atoms with E-state index >= 15 is 0 Å². The second-order valence-corrected chi connectivity index (χ2v) is 7.24. The molecule has 7 nitrogen and oxygen atoms in total. The molecule has 3 N–H and O–H groups in total. The first kappa shape index (κ1) is 24.4. The Morgan fingerprint density at radius 3 is 1.27 bits per heavy atom. The predicted molar refractivity (Wildman–Crippen MR) is 99.0 cm³/mol. The Labute approximate surface area is 156 Å². The summed E-state index contributed by atoms with van der Waals surface area (Å²) >= 11 is 0. The van der Waals surface area contributed by atoms with Crippen molar-refractivity contribution in [2.24, 2.45) is 0 Å². The van der Waals surface area contributed by atoms with Crippen molar-refractivity contribution >= 4 is 17.9 Å². The molecule has 7 heteroatoms. The van der Waals surface area contributed by atoms with E-state index in [2.05, 4.69) is 6.92 Å². The molecule has 0 saturated heterocycles. The summed E-state index contributed by atoms with van der Waals surface area (Å²) in [6.07, 6.45) is 8.33. The Kier molecular flexibility index (Phi) is 11.1. The second-order valence-electron chi connectivity index (χ2n) is 7.24. The van der Waals surface area contributed by atoms with Crippen molar-refractivity contribution in [1.82, 2.24) is 0 Å². The summed E-state index contributed by atoms with van der Waals surface area (Å²) in [5.41, 5.74) is 0. The average Bonchev–Trinajstić information content (AvgIpc) is 2.58. The minimum Gasteiger partial charge on any atom is -0.477 e. The van der Waals surface area contributed by atoms with Crippen LogP contribution in [0.25, 0.3) is 0 Å². The highest BCUT2D eigenvalue weighted by Gasteiger charge is 2.52. The molecule has 0 rings (SSSR count). The molecule has 0 aliphatic rings. The highest BCUT2D eigenvalue weighted by Crippen LogP contribution is 2.27. The van der Waals surface area contributed by atoms with Gasteiger partial charge in [0, 0.05) is 0 Å². The molecule has 26 heavy (non-hydrogen) atoms. The molecular weight excluding hydrogens is 338 g/mol. The van der Waals surface area contributed by atoms with Crippen molar-refractivity contribution in [3.8, 4) is 0 Å². The largest absolute Gasteiger partial charge is 0.477 e. The summed E-state index contributed by atoms with van der Waals surface area (Å²) < 4.78 is -0.476. The van der Waals surface area contributed by atoms with Crippen LogP contribution in [0, 0.1) is 0 Å². The van der Waals surface area contributed by atoms with Crippen LogP contribution in [0.3, 0.4) is 0 Å². The van der Waals surface area contributed by atoms with Crippen LogP contribution >= 0.6 is 0 Å². The zero-order valence-electron chi connectivity index (χ0n) is 16.6. The topological polar surface area (TPSA) is 112 Å². The Morgan fingerprint density at radius 2 is 0.962 bits per heavy atom. The van der Waals surface area contributed by atoms with Gasteiger partial charge in [-0.2, -0.15) is 0 Å². The van der Waals surface area contributed by atoms with E-state index in [-0.39, 0.29) is 6.54 Å². The van der Waals surface area contributed by atoms with Crippen LogP contribution in [0.2, 0.25) is 0 Å². The first-order valence-electron chi connectivity index (χ1n) is 9.68. The van der Waals surface area contributed by atoms with Crippen LogP contribution in [-0.2, 0) is 14.4 Å². The van der Waals surface area contributed by atoms with Crippen LogP contribution < -0.4 is 0 Å². The first-order valence-corrected chi connectivity index (χ1v) is 9.68. The lowest BCUT2D eigenvalue weighted by Crippen LogP contribution is -2.70. The fraction of sp³-hybridized carbons (Fsp3) is 0.842. The molecule has 0 amide bonds. The molecule has 0 aliphatic carbocycles. The van der Waals surface area contributed by atoms with Gasteiger partial charge in [0.25, 0.3) is 0 Å². The van der Waals surface area contributed by atoms with Gasteiger partial charge in [-0.05, 0) is 33.6 Å². The molecule has 152 valence electrons. The van der Waals surface area contributed by atoms with Gasteiger partial charge >= 0.3 is 17.9 Å². The van der Waals surface area contributed by atoms with Crippen LogP contribution in [-0.4, -0.2) is 62.4 Å². The van der Waals surface area contributed by atoms with E-state index in [1.165, 1.54) is 40.0 Å².